The Balaban J connectivity index is 1.37. The zero-order valence-electron chi connectivity index (χ0n) is 16.8. The maximum absolute atomic E-state index is 12.7. The molecule has 5 rings (SSSR count). The average molecular weight is 410 g/mol. The molecule has 3 aromatic rings. The smallest absolute Gasteiger partial charge is 0.343 e. The van der Waals surface area contributed by atoms with E-state index < -0.39 is 5.97 Å². The van der Waals surface area contributed by atoms with Crippen molar-refractivity contribution in [3.05, 3.63) is 106 Å². The van der Waals surface area contributed by atoms with Crippen LogP contribution < -0.4 is 14.2 Å². The van der Waals surface area contributed by atoms with Gasteiger partial charge in [-0.1, -0.05) is 36.4 Å². The lowest BCUT2D eigenvalue weighted by Crippen LogP contribution is -2.10. The molecule has 0 fully saturated rings. The number of aryl methyl sites for hydroxylation is 1. The fraction of sp³-hybridized carbons (Fsp3) is 0.0769. The van der Waals surface area contributed by atoms with Gasteiger partial charge in [-0.15, -0.1) is 0 Å². The largest absolute Gasteiger partial charge is 0.488 e. The van der Waals surface area contributed by atoms with Gasteiger partial charge in [0.05, 0.1) is 11.1 Å². The highest BCUT2D eigenvalue weighted by atomic mass is 16.5. The van der Waals surface area contributed by atoms with E-state index in [0.717, 1.165) is 22.4 Å². The summed E-state index contributed by atoms with van der Waals surface area (Å²) in [5.74, 6) is 1.03. The zero-order chi connectivity index (χ0) is 21.4. The number of hydrogen-bond acceptors (Lipinski definition) is 5. The second-order valence-electron chi connectivity index (χ2n) is 7.35. The molecule has 0 saturated heterocycles. The Kier molecular flexibility index (Phi) is 4.64. The van der Waals surface area contributed by atoms with Crippen LogP contribution in [0.2, 0.25) is 0 Å². The van der Waals surface area contributed by atoms with Crippen LogP contribution in [-0.2, 0) is 0 Å². The van der Waals surface area contributed by atoms with Crippen LogP contribution >= 0.6 is 0 Å². The van der Waals surface area contributed by atoms with Crippen molar-refractivity contribution in [1.29, 1.82) is 0 Å². The molecule has 2 aliphatic heterocycles. The van der Waals surface area contributed by atoms with Crippen LogP contribution in [0, 0.1) is 6.92 Å². The molecule has 5 nitrogen and oxygen atoms in total. The molecule has 0 unspecified atom stereocenters. The third kappa shape index (κ3) is 3.62. The van der Waals surface area contributed by atoms with Gasteiger partial charge < -0.3 is 14.2 Å². The van der Waals surface area contributed by atoms with E-state index in [1.165, 1.54) is 0 Å². The molecule has 3 aromatic carbocycles. The van der Waals surface area contributed by atoms with Gasteiger partial charge in [0.1, 0.15) is 23.9 Å². The molecule has 5 heteroatoms. The van der Waals surface area contributed by atoms with Crippen molar-refractivity contribution >= 4 is 17.8 Å². The van der Waals surface area contributed by atoms with Crippen LogP contribution in [0.1, 0.15) is 31.8 Å². The predicted molar refractivity (Wildman–Crippen MR) is 116 cm³/mol. The Morgan fingerprint density at radius 1 is 1.00 bits per heavy atom. The van der Waals surface area contributed by atoms with Crippen molar-refractivity contribution in [3.8, 4) is 17.2 Å². The summed E-state index contributed by atoms with van der Waals surface area (Å²) in [6.07, 6.45) is 3.66. The van der Waals surface area contributed by atoms with Crippen molar-refractivity contribution in [3.63, 3.8) is 0 Å². The van der Waals surface area contributed by atoms with Crippen LogP contribution in [0.15, 0.2) is 84.1 Å². The van der Waals surface area contributed by atoms with Gasteiger partial charge >= 0.3 is 5.97 Å². The first-order valence-corrected chi connectivity index (χ1v) is 9.87. The summed E-state index contributed by atoms with van der Waals surface area (Å²) in [6, 6.07) is 19.7. The highest BCUT2D eigenvalue weighted by molar-refractivity contribution is 6.12. The van der Waals surface area contributed by atoms with Crippen LogP contribution in [0.25, 0.3) is 6.08 Å². The minimum atomic E-state index is -0.457. The van der Waals surface area contributed by atoms with Gasteiger partial charge in [0.2, 0.25) is 5.78 Å². The third-order valence-corrected chi connectivity index (χ3v) is 5.19. The van der Waals surface area contributed by atoms with E-state index in [0.29, 0.717) is 29.2 Å². The molecule has 2 aliphatic rings. The van der Waals surface area contributed by atoms with Gasteiger partial charge in [0.15, 0.2) is 5.76 Å². The maximum Gasteiger partial charge on any atom is 0.343 e. The first kappa shape index (κ1) is 18.9. The van der Waals surface area contributed by atoms with E-state index in [1.807, 2.05) is 49.4 Å². The minimum absolute atomic E-state index is 0.214. The number of fused-ring (bicyclic) bond motifs is 2. The number of carbonyl (C=O) groups excluding carboxylic acids is 2. The quantitative estimate of drug-likeness (QED) is 0.340. The molecule has 2 heterocycles. The standard InChI is InChI=1S/C26H18O5/c1-16-6-2-4-8-20(16)26(28)30-19-10-11-21-23(14-19)31-24(25(21)27)13-17-12-18-7-3-5-9-22(18)29-15-17/h2-14H,15H2,1H3. The lowest BCUT2D eigenvalue weighted by Gasteiger charge is -2.15. The first-order chi connectivity index (χ1) is 15.1. The van der Waals surface area contributed by atoms with E-state index in [9.17, 15) is 9.59 Å². The Labute approximate surface area is 179 Å². The fourth-order valence-electron chi connectivity index (χ4n) is 3.58. The van der Waals surface area contributed by atoms with Gasteiger partial charge in [0.25, 0.3) is 0 Å². The number of benzene rings is 3. The SMILES string of the molecule is Cc1ccccc1C(=O)Oc1ccc2c(c1)OC(=CC1=Cc3ccccc3OC1)C2=O. The van der Waals surface area contributed by atoms with Crippen molar-refractivity contribution in [2.75, 3.05) is 6.61 Å². The molecule has 0 N–H and O–H groups in total. The predicted octanol–water partition coefficient (Wildman–Crippen LogP) is 5.15. The summed E-state index contributed by atoms with van der Waals surface area (Å²) < 4.78 is 17.0. The van der Waals surface area contributed by atoms with Crippen molar-refractivity contribution in [2.24, 2.45) is 0 Å². The first-order valence-electron chi connectivity index (χ1n) is 9.87. The number of para-hydroxylation sites is 1. The van der Waals surface area contributed by atoms with Gasteiger partial charge in [-0.3, -0.25) is 4.79 Å². The molecule has 0 spiro atoms. The third-order valence-electron chi connectivity index (χ3n) is 5.19. The van der Waals surface area contributed by atoms with E-state index in [2.05, 4.69) is 0 Å². The molecule has 0 radical (unpaired) electrons. The van der Waals surface area contributed by atoms with Crippen molar-refractivity contribution in [2.45, 2.75) is 6.92 Å². The second-order valence-corrected chi connectivity index (χ2v) is 7.35. The lowest BCUT2D eigenvalue weighted by molar-refractivity contribution is 0.0733. The normalized spacial score (nSPS) is 15.5. The molecule has 152 valence electrons. The summed E-state index contributed by atoms with van der Waals surface area (Å²) in [5.41, 5.74) is 3.54. The van der Waals surface area contributed by atoms with E-state index >= 15 is 0 Å². The topological polar surface area (TPSA) is 61.8 Å². The summed E-state index contributed by atoms with van der Waals surface area (Å²) in [5, 5.41) is 0. The van der Waals surface area contributed by atoms with Crippen molar-refractivity contribution < 1.29 is 23.8 Å². The fourth-order valence-corrected chi connectivity index (χ4v) is 3.58. The molecule has 0 saturated carbocycles. The van der Waals surface area contributed by atoms with Crippen molar-refractivity contribution in [1.82, 2.24) is 0 Å². The van der Waals surface area contributed by atoms with Crippen LogP contribution in [0.5, 0.6) is 17.2 Å². The van der Waals surface area contributed by atoms with Gasteiger partial charge in [-0.05, 0) is 54.5 Å². The lowest BCUT2D eigenvalue weighted by atomic mass is 10.1. The highest BCUT2D eigenvalue weighted by Gasteiger charge is 2.28. The molecule has 0 amide bonds. The number of Topliss-reactive ketones (excluding diaryl/α,β-unsaturated/α-hetero) is 1. The van der Waals surface area contributed by atoms with Crippen LogP contribution in [0.3, 0.4) is 0 Å². The maximum atomic E-state index is 12.7. The number of ether oxygens (including phenoxy) is 3. The molecule has 0 bridgehead atoms. The molecular weight excluding hydrogens is 392 g/mol. The summed E-state index contributed by atoms with van der Waals surface area (Å²) in [6.45, 7) is 2.20. The van der Waals surface area contributed by atoms with Gasteiger partial charge in [-0.2, -0.15) is 0 Å². The monoisotopic (exact) mass is 410 g/mol. The van der Waals surface area contributed by atoms with E-state index in [4.69, 9.17) is 14.2 Å². The number of allylic oxidation sites excluding steroid dienone is 1. The molecule has 0 atom stereocenters. The molecule has 31 heavy (non-hydrogen) atoms. The number of ketones is 1. The summed E-state index contributed by atoms with van der Waals surface area (Å²) in [7, 11) is 0. The number of esters is 1. The average Bonchev–Trinajstić information content (AvgIpc) is 3.08. The molecule has 0 aromatic heterocycles. The number of rotatable bonds is 3. The van der Waals surface area contributed by atoms with Crippen LogP contribution in [-0.4, -0.2) is 18.4 Å². The second kappa shape index (κ2) is 7.61. The Morgan fingerprint density at radius 2 is 1.81 bits per heavy atom. The Bertz CT molecular complexity index is 1280. The highest BCUT2D eigenvalue weighted by Crippen LogP contribution is 2.35. The Hall–Kier alpha value is -4.12. The zero-order valence-corrected chi connectivity index (χ0v) is 16.8. The molecular formula is C26H18O5. The van der Waals surface area contributed by atoms with Crippen LogP contribution in [0.4, 0.5) is 0 Å². The van der Waals surface area contributed by atoms with Gasteiger partial charge in [-0.25, -0.2) is 4.79 Å². The molecule has 0 aliphatic carbocycles. The van der Waals surface area contributed by atoms with Gasteiger partial charge in [0, 0.05) is 11.6 Å². The van der Waals surface area contributed by atoms with E-state index in [-0.39, 0.29) is 11.5 Å². The van der Waals surface area contributed by atoms with E-state index in [1.54, 1.807) is 36.4 Å². The summed E-state index contributed by atoms with van der Waals surface area (Å²) >= 11 is 0. The number of hydrogen-bond donors (Lipinski definition) is 0. The number of carbonyl (C=O) groups is 2. The Morgan fingerprint density at radius 3 is 2.68 bits per heavy atom. The minimum Gasteiger partial charge on any atom is -0.488 e. The summed E-state index contributed by atoms with van der Waals surface area (Å²) in [4.78, 5) is 25.2.